The molecule has 0 spiro atoms. The molecule has 6 heteroatoms. The van der Waals surface area contributed by atoms with E-state index in [-0.39, 0.29) is 29.5 Å². The molecule has 1 aromatic rings. The molecule has 0 atom stereocenters. The van der Waals surface area contributed by atoms with E-state index >= 15 is 0 Å². The minimum atomic E-state index is -0.610. The number of rotatable bonds is 3. The summed E-state index contributed by atoms with van der Waals surface area (Å²) >= 11 is 0. The molecule has 0 unspecified atom stereocenters. The molecule has 0 heterocycles. The number of amides is 2. The van der Waals surface area contributed by atoms with Crippen molar-refractivity contribution < 1.29 is 19.8 Å². The molecule has 0 saturated carbocycles. The fourth-order valence-corrected chi connectivity index (χ4v) is 1.35. The molecule has 0 aromatic heterocycles. The van der Waals surface area contributed by atoms with Crippen LogP contribution >= 0.6 is 0 Å². The summed E-state index contributed by atoms with van der Waals surface area (Å²) in [5.41, 5.74) is -0.202. The van der Waals surface area contributed by atoms with Crippen molar-refractivity contribution in [2.45, 2.75) is 0 Å². The van der Waals surface area contributed by atoms with Crippen LogP contribution < -0.4 is 0 Å². The molecular weight excluding hydrogens is 236 g/mol. The van der Waals surface area contributed by atoms with Crippen LogP contribution in [0.2, 0.25) is 0 Å². The molecule has 2 N–H and O–H groups in total. The predicted octanol–water partition coefficient (Wildman–Crippen LogP) is 0.258. The van der Waals surface area contributed by atoms with E-state index < -0.39 is 5.91 Å². The van der Waals surface area contributed by atoms with Crippen molar-refractivity contribution in [3.05, 3.63) is 23.8 Å². The monoisotopic (exact) mass is 252 g/mol. The minimum absolute atomic E-state index is 0.125. The average Bonchev–Trinajstić information content (AvgIpc) is 2.28. The van der Waals surface area contributed by atoms with E-state index in [1.807, 2.05) is 0 Å². The fraction of sp³-hybridized carbons (Fsp3) is 0.333. The van der Waals surface area contributed by atoms with Gasteiger partial charge in [0.2, 0.25) is 5.91 Å². The lowest BCUT2D eigenvalue weighted by atomic mass is 10.1. The molecular formula is C12H16N2O4. The Hall–Kier alpha value is -2.24. The first-order chi connectivity index (χ1) is 8.34. The lowest BCUT2D eigenvalue weighted by Gasteiger charge is -2.20. The second-order valence-electron chi connectivity index (χ2n) is 4.12. The van der Waals surface area contributed by atoms with E-state index in [4.69, 9.17) is 0 Å². The van der Waals surface area contributed by atoms with Crippen LogP contribution in [0.15, 0.2) is 18.2 Å². The zero-order valence-corrected chi connectivity index (χ0v) is 10.5. The van der Waals surface area contributed by atoms with Gasteiger partial charge in [-0.25, -0.2) is 0 Å². The number of aromatic hydroxyl groups is 2. The Morgan fingerprint density at radius 2 is 1.61 bits per heavy atom. The normalized spacial score (nSPS) is 9.94. The second kappa shape index (κ2) is 5.39. The summed E-state index contributed by atoms with van der Waals surface area (Å²) in [5.74, 6) is -1.49. The Kier molecular flexibility index (Phi) is 4.14. The number of benzene rings is 1. The molecule has 0 aliphatic rings. The summed E-state index contributed by atoms with van der Waals surface area (Å²) < 4.78 is 0. The largest absolute Gasteiger partial charge is 0.507 e. The van der Waals surface area contributed by atoms with Crippen LogP contribution in [-0.2, 0) is 4.79 Å². The maximum atomic E-state index is 12.0. The first-order valence-corrected chi connectivity index (χ1v) is 5.31. The highest BCUT2D eigenvalue weighted by atomic mass is 16.3. The van der Waals surface area contributed by atoms with Crippen LogP contribution in [0.25, 0.3) is 0 Å². The van der Waals surface area contributed by atoms with Gasteiger partial charge < -0.3 is 20.0 Å². The summed E-state index contributed by atoms with van der Waals surface area (Å²) in [6.07, 6.45) is 0. The van der Waals surface area contributed by atoms with Gasteiger partial charge in [-0.2, -0.15) is 0 Å². The summed E-state index contributed by atoms with van der Waals surface area (Å²) in [5, 5.41) is 19.1. The number of hydrogen-bond donors (Lipinski definition) is 2. The van der Waals surface area contributed by atoms with Gasteiger partial charge in [0.25, 0.3) is 5.91 Å². The van der Waals surface area contributed by atoms with Gasteiger partial charge in [-0.1, -0.05) is 6.07 Å². The van der Waals surface area contributed by atoms with Gasteiger partial charge in [-0.3, -0.25) is 9.59 Å². The van der Waals surface area contributed by atoms with E-state index in [9.17, 15) is 19.8 Å². The highest BCUT2D eigenvalue weighted by Crippen LogP contribution is 2.27. The molecule has 0 aliphatic heterocycles. The number of likely N-dealkylation sites (N-methyl/N-ethyl adjacent to an activating group) is 2. The van der Waals surface area contributed by atoms with E-state index in [1.54, 1.807) is 14.1 Å². The summed E-state index contributed by atoms with van der Waals surface area (Å²) in [7, 11) is 4.59. The van der Waals surface area contributed by atoms with Crippen molar-refractivity contribution in [1.29, 1.82) is 0 Å². The third-order valence-corrected chi connectivity index (χ3v) is 2.45. The third-order valence-electron chi connectivity index (χ3n) is 2.45. The van der Waals surface area contributed by atoms with E-state index in [0.29, 0.717) is 0 Å². The molecule has 0 bridgehead atoms. The molecule has 18 heavy (non-hydrogen) atoms. The Balaban J connectivity index is 2.91. The molecule has 6 nitrogen and oxygen atoms in total. The van der Waals surface area contributed by atoms with E-state index in [0.717, 1.165) is 4.90 Å². The first-order valence-electron chi connectivity index (χ1n) is 5.31. The molecule has 1 rings (SSSR count). The highest BCUT2D eigenvalue weighted by molar-refractivity contribution is 6.00. The zero-order chi connectivity index (χ0) is 13.9. The number of carbonyl (C=O) groups excluding carboxylic acids is 2. The summed E-state index contributed by atoms with van der Waals surface area (Å²) in [6.45, 7) is -0.125. The maximum Gasteiger partial charge on any atom is 0.261 e. The van der Waals surface area contributed by atoms with Gasteiger partial charge in [-0.05, 0) is 12.1 Å². The third kappa shape index (κ3) is 2.91. The number of phenolic OH excluding ortho intramolecular Hbond substituents is 2. The zero-order valence-electron chi connectivity index (χ0n) is 10.5. The quantitative estimate of drug-likeness (QED) is 0.808. The first kappa shape index (κ1) is 13.8. The van der Waals surface area contributed by atoms with Crippen molar-refractivity contribution in [2.24, 2.45) is 0 Å². The lowest BCUT2D eigenvalue weighted by molar-refractivity contribution is -0.129. The Bertz CT molecular complexity index is 451. The van der Waals surface area contributed by atoms with Crippen molar-refractivity contribution in [1.82, 2.24) is 9.80 Å². The van der Waals surface area contributed by atoms with Crippen LogP contribution in [0.1, 0.15) is 10.4 Å². The molecule has 0 fully saturated rings. The van der Waals surface area contributed by atoms with Crippen LogP contribution in [0.4, 0.5) is 0 Å². The Morgan fingerprint density at radius 1 is 1.11 bits per heavy atom. The number of nitrogens with zero attached hydrogens (tertiary/aromatic N) is 2. The topological polar surface area (TPSA) is 81.1 Å². The van der Waals surface area contributed by atoms with Crippen LogP contribution in [0.5, 0.6) is 11.5 Å². The molecule has 1 aromatic carbocycles. The number of hydrogen-bond acceptors (Lipinski definition) is 4. The van der Waals surface area contributed by atoms with Gasteiger partial charge in [0.05, 0.1) is 6.54 Å². The highest BCUT2D eigenvalue weighted by Gasteiger charge is 2.21. The predicted molar refractivity (Wildman–Crippen MR) is 65.4 cm³/mol. The van der Waals surface area contributed by atoms with Crippen molar-refractivity contribution in [3.8, 4) is 11.5 Å². The Morgan fingerprint density at radius 3 is 2.06 bits per heavy atom. The molecule has 98 valence electrons. The van der Waals surface area contributed by atoms with E-state index in [1.165, 1.54) is 30.1 Å². The summed E-state index contributed by atoms with van der Waals surface area (Å²) in [6, 6.07) is 4.02. The van der Waals surface area contributed by atoms with Crippen LogP contribution in [-0.4, -0.2) is 59.5 Å². The van der Waals surface area contributed by atoms with Crippen molar-refractivity contribution >= 4 is 11.8 Å². The number of phenols is 2. The molecule has 2 amide bonds. The van der Waals surface area contributed by atoms with Crippen LogP contribution in [0, 0.1) is 0 Å². The van der Waals surface area contributed by atoms with E-state index in [2.05, 4.69) is 0 Å². The van der Waals surface area contributed by atoms with Gasteiger partial charge >= 0.3 is 0 Å². The molecule has 0 aliphatic carbocycles. The summed E-state index contributed by atoms with van der Waals surface area (Å²) in [4.78, 5) is 25.9. The van der Waals surface area contributed by atoms with Gasteiger partial charge in [0.15, 0.2) is 0 Å². The van der Waals surface area contributed by atoms with Crippen LogP contribution in [0.3, 0.4) is 0 Å². The molecule has 0 radical (unpaired) electrons. The SMILES string of the molecule is CN(C)C(=O)CN(C)C(=O)c1c(O)cccc1O. The number of carbonyl (C=O) groups is 2. The smallest absolute Gasteiger partial charge is 0.261 e. The average molecular weight is 252 g/mol. The molecule has 0 saturated heterocycles. The van der Waals surface area contributed by atoms with Gasteiger partial charge in [0, 0.05) is 21.1 Å². The fourth-order valence-electron chi connectivity index (χ4n) is 1.35. The lowest BCUT2D eigenvalue weighted by Crippen LogP contribution is -2.37. The Labute approximate surface area is 105 Å². The second-order valence-corrected chi connectivity index (χ2v) is 4.12. The van der Waals surface area contributed by atoms with Gasteiger partial charge in [-0.15, -0.1) is 0 Å². The minimum Gasteiger partial charge on any atom is -0.507 e. The van der Waals surface area contributed by atoms with Crippen molar-refractivity contribution in [2.75, 3.05) is 27.7 Å². The maximum absolute atomic E-state index is 12.0. The van der Waals surface area contributed by atoms with Gasteiger partial charge in [0.1, 0.15) is 17.1 Å². The standard InChI is InChI=1S/C12H16N2O4/c1-13(2)10(17)7-14(3)12(18)11-8(15)5-4-6-9(11)16/h4-6,15-16H,7H2,1-3H3. The van der Waals surface area contributed by atoms with Crippen molar-refractivity contribution in [3.63, 3.8) is 0 Å².